The van der Waals surface area contributed by atoms with E-state index in [-0.39, 0.29) is 5.75 Å². The predicted molar refractivity (Wildman–Crippen MR) is 46.1 cm³/mol. The largest absolute Gasteiger partial charge is 0.506 e. The lowest BCUT2D eigenvalue weighted by atomic mass is 10.3. The Bertz CT molecular complexity index is 299. The van der Waals surface area contributed by atoms with Gasteiger partial charge in [-0.3, -0.25) is 4.90 Å². The van der Waals surface area contributed by atoms with Crippen LogP contribution in [0.25, 0.3) is 0 Å². The second-order valence-electron chi connectivity index (χ2n) is 2.39. The van der Waals surface area contributed by atoms with Crippen LogP contribution in [0.3, 0.4) is 0 Å². The molecule has 0 atom stereocenters. The fourth-order valence-electron chi connectivity index (χ4n) is 0.867. The molecule has 12 heavy (non-hydrogen) atoms. The van der Waals surface area contributed by atoms with E-state index in [1.54, 1.807) is 18.2 Å². The number of rotatable bonds is 1. The highest BCUT2D eigenvalue weighted by molar-refractivity contribution is 5.91. The molecule has 0 aromatic heterocycles. The zero-order valence-electron chi connectivity index (χ0n) is 6.69. The van der Waals surface area contributed by atoms with Crippen LogP contribution in [0.5, 0.6) is 5.75 Å². The van der Waals surface area contributed by atoms with Gasteiger partial charge in [0.2, 0.25) is 0 Å². The molecule has 1 rings (SSSR count). The van der Waals surface area contributed by atoms with Crippen molar-refractivity contribution in [3.8, 4) is 5.75 Å². The molecule has 0 saturated heterocycles. The van der Waals surface area contributed by atoms with E-state index >= 15 is 0 Å². The third-order valence-corrected chi connectivity index (χ3v) is 1.57. The van der Waals surface area contributed by atoms with Gasteiger partial charge in [0.15, 0.2) is 0 Å². The normalized spacial score (nSPS) is 9.42. The standard InChI is InChI=1S/C8H10N2O2/c1-10(8(9)12)6-4-2-3-5-7(6)11/h2-5,11H,1H3,(H2,9,12). The Morgan fingerprint density at radius 1 is 1.50 bits per heavy atom. The smallest absolute Gasteiger partial charge is 0.319 e. The molecule has 64 valence electrons. The van der Waals surface area contributed by atoms with Crippen LogP contribution in [0, 0.1) is 0 Å². The van der Waals surface area contributed by atoms with Crippen molar-refractivity contribution in [3.63, 3.8) is 0 Å². The SMILES string of the molecule is CN(C(N)=O)c1ccccc1O. The number of hydrogen-bond donors (Lipinski definition) is 2. The third kappa shape index (κ3) is 1.47. The van der Waals surface area contributed by atoms with Crippen molar-refractivity contribution in [1.29, 1.82) is 0 Å². The van der Waals surface area contributed by atoms with Crippen molar-refractivity contribution in [1.82, 2.24) is 0 Å². The molecule has 3 N–H and O–H groups in total. The summed E-state index contributed by atoms with van der Waals surface area (Å²) in [6.07, 6.45) is 0. The van der Waals surface area contributed by atoms with Gasteiger partial charge in [-0.1, -0.05) is 12.1 Å². The lowest BCUT2D eigenvalue weighted by molar-refractivity contribution is 0.255. The second-order valence-corrected chi connectivity index (χ2v) is 2.39. The van der Waals surface area contributed by atoms with Crippen molar-refractivity contribution >= 4 is 11.7 Å². The molecule has 0 spiro atoms. The molecule has 4 heteroatoms. The van der Waals surface area contributed by atoms with Gasteiger partial charge in [-0.25, -0.2) is 4.79 Å². The molecule has 0 aliphatic heterocycles. The van der Waals surface area contributed by atoms with E-state index in [2.05, 4.69) is 0 Å². The highest BCUT2D eigenvalue weighted by Gasteiger charge is 2.09. The summed E-state index contributed by atoms with van der Waals surface area (Å²) in [5.74, 6) is 0.0406. The van der Waals surface area contributed by atoms with Gasteiger partial charge < -0.3 is 10.8 Å². The summed E-state index contributed by atoms with van der Waals surface area (Å²) in [6, 6.07) is 5.90. The van der Waals surface area contributed by atoms with Gasteiger partial charge in [0.05, 0.1) is 5.69 Å². The number of benzene rings is 1. The van der Waals surface area contributed by atoms with Gasteiger partial charge >= 0.3 is 6.03 Å². The average molecular weight is 166 g/mol. The number of carbonyl (C=O) groups excluding carboxylic acids is 1. The molecule has 0 saturated carbocycles. The monoisotopic (exact) mass is 166 g/mol. The zero-order chi connectivity index (χ0) is 9.14. The molecule has 4 nitrogen and oxygen atoms in total. The number of phenolic OH excluding ortho intramolecular Hbond substituents is 1. The maximum absolute atomic E-state index is 10.7. The van der Waals surface area contributed by atoms with Crippen LogP contribution in [0.1, 0.15) is 0 Å². The lowest BCUT2D eigenvalue weighted by Crippen LogP contribution is -2.31. The highest BCUT2D eigenvalue weighted by atomic mass is 16.3. The highest BCUT2D eigenvalue weighted by Crippen LogP contribution is 2.24. The average Bonchev–Trinajstić information content (AvgIpc) is 2.04. The maximum Gasteiger partial charge on any atom is 0.319 e. The van der Waals surface area contributed by atoms with Crippen LogP contribution in [-0.2, 0) is 0 Å². The van der Waals surface area contributed by atoms with E-state index in [9.17, 15) is 9.90 Å². The lowest BCUT2D eigenvalue weighted by Gasteiger charge is -2.14. The second kappa shape index (κ2) is 3.13. The number of phenols is 1. The summed E-state index contributed by atoms with van der Waals surface area (Å²) in [4.78, 5) is 11.9. The summed E-state index contributed by atoms with van der Waals surface area (Å²) < 4.78 is 0. The number of anilines is 1. The Morgan fingerprint density at radius 2 is 2.08 bits per heavy atom. The number of amides is 2. The molecule has 2 amide bonds. The van der Waals surface area contributed by atoms with E-state index in [0.717, 1.165) is 0 Å². The van der Waals surface area contributed by atoms with Crippen LogP contribution < -0.4 is 10.6 Å². The van der Waals surface area contributed by atoms with Crippen molar-refractivity contribution in [3.05, 3.63) is 24.3 Å². The summed E-state index contributed by atoms with van der Waals surface area (Å²) >= 11 is 0. The van der Waals surface area contributed by atoms with E-state index < -0.39 is 6.03 Å². The fraction of sp³-hybridized carbons (Fsp3) is 0.125. The Morgan fingerprint density at radius 3 is 2.58 bits per heavy atom. The van der Waals surface area contributed by atoms with Crippen molar-refractivity contribution in [2.45, 2.75) is 0 Å². The minimum absolute atomic E-state index is 0.0406. The maximum atomic E-state index is 10.7. The van der Waals surface area contributed by atoms with Crippen LogP contribution in [-0.4, -0.2) is 18.2 Å². The molecule has 0 radical (unpaired) electrons. The zero-order valence-corrected chi connectivity index (χ0v) is 6.69. The molecule has 0 heterocycles. The Balaban J connectivity index is 3.02. The first-order valence-electron chi connectivity index (χ1n) is 3.44. The summed E-state index contributed by atoms with van der Waals surface area (Å²) in [6.45, 7) is 0. The number of carbonyl (C=O) groups is 1. The first-order valence-corrected chi connectivity index (χ1v) is 3.44. The van der Waals surface area contributed by atoms with Crippen LogP contribution >= 0.6 is 0 Å². The molecule has 0 unspecified atom stereocenters. The number of urea groups is 1. The molecular weight excluding hydrogens is 156 g/mol. The summed E-state index contributed by atoms with van der Waals surface area (Å²) in [5, 5.41) is 9.28. The van der Waals surface area contributed by atoms with Gasteiger partial charge in [0, 0.05) is 7.05 Å². The van der Waals surface area contributed by atoms with Crippen molar-refractivity contribution in [2.75, 3.05) is 11.9 Å². The Labute approximate surface area is 70.2 Å². The van der Waals surface area contributed by atoms with Gasteiger partial charge in [-0.15, -0.1) is 0 Å². The Kier molecular flexibility index (Phi) is 2.19. The quantitative estimate of drug-likeness (QED) is 0.651. The molecule has 0 fully saturated rings. The number of primary amides is 1. The van der Waals surface area contributed by atoms with E-state index in [1.165, 1.54) is 18.0 Å². The Hall–Kier alpha value is -1.71. The summed E-state index contributed by atoms with van der Waals surface area (Å²) in [7, 11) is 1.50. The van der Waals surface area contributed by atoms with Gasteiger partial charge in [0.25, 0.3) is 0 Å². The molecule has 0 bridgehead atoms. The minimum Gasteiger partial charge on any atom is -0.506 e. The first-order chi connectivity index (χ1) is 5.63. The van der Waals surface area contributed by atoms with Crippen LogP contribution in [0.15, 0.2) is 24.3 Å². The number of para-hydroxylation sites is 2. The van der Waals surface area contributed by atoms with Gasteiger partial charge in [-0.2, -0.15) is 0 Å². The van der Waals surface area contributed by atoms with E-state index in [1.807, 2.05) is 0 Å². The summed E-state index contributed by atoms with van der Waals surface area (Å²) in [5.41, 5.74) is 5.42. The molecule has 1 aromatic rings. The number of nitrogens with two attached hydrogens (primary N) is 1. The number of aromatic hydroxyl groups is 1. The predicted octanol–water partition coefficient (Wildman–Crippen LogP) is 0.907. The van der Waals surface area contributed by atoms with Gasteiger partial charge in [-0.05, 0) is 12.1 Å². The molecule has 0 aliphatic rings. The first kappa shape index (κ1) is 8.39. The van der Waals surface area contributed by atoms with Crippen molar-refractivity contribution < 1.29 is 9.90 Å². The fourth-order valence-corrected chi connectivity index (χ4v) is 0.867. The van der Waals surface area contributed by atoms with Crippen molar-refractivity contribution in [2.24, 2.45) is 5.73 Å². The van der Waals surface area contributed by atoms with E-state index in [4.69, 9.17) is 5.73 Å². The minimum atomic E-state index is -0.600. The van der Waals surface area contributed by atoms with Crippen LogP contribution in [0.4, 0.5) is 10.5 Å². The van der Waals surface area contributed by atoms with E-state index in [0.29, 0.717) is 5.69 Å². The third-order valence-electron chi connectivity index (χ3n) is 1.57. The molecule has 0 aliphatic carbocycles. The number of hydrogen-bond acceptors (Lipinski definition) is 2. The number of nitrogens with zero attached hydrogens (tertiary/aromatic N) is 1. The van der Waals surface area contributed by atoms with Crippen LogP contribution in [0.2, 0.25) is 0 Å². The topological polar surface area (TPSA) is 66.6 Å². The van der Waals surface area contributed by atoms with Gasteiger partial charge in [0.1, 0.15) is 5.75 Å². The molecule has 1 aromatic carbocycles. The molecular formula is C8H10N2O2.